The normalized spacial score (nSPS) is 21.6. The predicted octanol–water partition coefficient (Wildman–Crippen LogP) is 4.32. The second-order valence-corrected chi connectivity index (χ2v) is 8.29. The molecule has 148 valence electrons. The maximum atomic E-state index is 6.46. The number of likely N-dealkylation sites (tertiary alicyclic amines) is 1. The van der Waals surface area contributed by atoms with Gasteiger partial charge in [-0.25, -0.2) is 4.98 Å². The maximum absolute atomic E-state index is 6.46. The summed E-state index contributed by atoms with van der Waals surface area (Å²) in [7, 11) is 1.63. The summed E-state index contributed by atoms with van der Waals surface area (Å²) in [6.07, 6.45) is 7.87. The van der Waals surface area contributed by atoms with E-state index in [9.17, 15) is 0 Å². The van der Waals surface area contributed by atoms with Crippen LogP contribution in [0.15, 0.2) is 30.5 Å². The lowest BCUT2D eigenvalue weighted by Gasteiger charge is -2.47. The maximum Gasteiger partial charge on any atom is 0.213 e. The number of methoxy groups -OCH3 is 1. The van der Waals surface area contributed by atoms with Crippen molar-refractivity contribution in [1.82, 2.24) is 9.88 Å². The summed E-state index contributed by atoms with van der Waals surface area (Å²) in [5, 5.41) is 0. The zero-order chi connectivity index (χ0) is 19.1. The highest BCUT2D eigenvalue weighted by Crippen LogP contribution is 2.41. The number of ether oxygens (including phenoxy) is 3. The second-order valence-electron chi connectivity index (χ2n) is 8.29. The molecular weight excluding hydrogens is 352 g/mol. The lowest BCUT2D eigenvalue weighted by atomic mass is 9.89. The van der Waals surface area contributed by atoms with Gasteiger partial charge in [-0.15, -0.1) is 0 Å². The molecule has 5 rings (SSSR count). The van der Waals surface area contributed by atoms with Gasteiger partial charge in [0.15, 0.2) is 0 Å². The van der Waals surface area contributed by atoms with Crippen LogP contribution in [0.1, 0.15) is 43.2 Å². The van der Waals surface area contributed by atoms with Crippen molar-refractivity contribution in [3.63, 3.8) is 0 Å². The molecule has 0 radical (unpaired) electrons. The summed E-state index contributed by atoms with van der Waals surface area (Å²) in [6, 6.07) is 9.09. The van der Waals surface area contributed by atoms with E-state index in [0.717, 1.165) is 54.4 Å². The predicted molar refractivity (Wildman–Crippen MR) is 108 cm³/mol. The first kappa shape index (κ1) is 18.0. The quantitative estimate of drug-likeness (QED) is 0.793. The van der Waals surface area contributed by atoms with Gasteiger partial charge in [-0.2, -0.15) is 0 Å². The Balaban J connectivity index is 1.34. The first-order chi connectivity index (χ1) is 13.7. The molecular formula is C23H28N2O3. The Kier molecular flexibility index (Phi) is 4.52. The van der Waals surface area contributed by atoms with E-state index in [1.54, 1.807) is 7.11 Å². The largest absolute Gasteiger partial charge is 0.481 e. The van der Waals surface area contributed by atoms with Crippen LogP contribution in [0.25, 0.3) is 11.1 Å². The fourth-order valence-corrected chi connectivity index (χ4v) is 4.57. The monoisotopic (exact) mass is 380 g/mol. The third kappa shape index (κ3) is 3.16. The van der Waals surface area contributed by atoms with E-state index in [1.807, 2.05) is 18.3 Å². The molecule has 3 heterocycles. The van der Waals surface area contributed by atoms with Gasteiger partial charge in [0.1, 0.15) is 5.75 Å². The van der Waals surface area contributed by atoms with Gasteiger partial charge < -0.3 is 14.2 Å². The standard InChI is InChI=1S/C23H28N2O3/c1-16-12-21-18(13-20(16)17-6-7-22(26-2)24-14-17)15-27-23(28-21)8-10-25(11-9-23)19-4-3-5-19/h6-7,12-14,19H,3-5,8-11,15H2,1-2H3. The van der Waals surface area contributed by atoms with Crippen LogP contribution in [-0.2, 0) is 11.3 Å². The Morgan fingerprint density at radius 3 is 2.64 bits per heavy atom. The molecule has 2 aromatic rings. The number of rotatable bonds is 3. The van der Waals surface area contributed by atoms with Crippen LogP contribution in [0.2, 0.25) is 0 Å². The van der Waals surface area contributed by atoms with Crippen LogP contribution < -0.4 is 9.47 Å². The SMILES string of the molecule is COc1ccc(-c2cc3c(cc2C)OC2(CCN(C4CCC4)CC2)OC3)cn1. The highest BCUT2D eigenvalue weighted by atomic mass is 16.7. The van der Waals surface area contributed by atoms with Crippen LogP contribution in [-0.4, -0.2) is 41.9 Å². The smallest absolute Gasteiger partial charge is 0.213 e. The Labute approximate surface area is 166 Å². The summed E-state index contributed by atoms with van der Waals surface area (Å²) in [5.74, 6) is 1.16. The Morgan fingerprint density at radius 2 is 2.00 bits per heavy atom. The number of aromatic nitrogens is 1. The van der Waals surface area contributed by atoms with Crippen molar-refractivity contribution in [1.29, 1.82) is 0 Å². The summed E-state index contributed by atoms with van der Waals surface area (Å²) >= 11 is 0. The van der Waals surface area contributed by atoms with E-state index in [1.165, 1.54) is 24.8 Å². The minimum atomic E-state index is -0.442. The molecule has 1 spiro atoms. The van der Waals surface area contributed by atoms with Gasteiger partial charge in [-0.1, -0.05) is 6.42 Å². The number of aryl methyl sites for hydroxylation is 1. The number of hydrogen-bond donors (Lipinski definition) is 0. The van der Waals surface area contributed by atoms with Gasteiger partial charge in [0.2, 0.25) is 11.7 Å². The Morgan fingerprint density at radius 1 is 1.18 bits per heavy atom. The van der Waals surface area contributed by atoms with E-state index >= 15 is 0 Å². The third-order valence-electron chi connectivity index (χ3n) is 6.60. The van der Waals surface area contributed by atoms with Crippen LogP contribution in [0.5, 0.6) is 11.6 Å². The van der Waals surface area contributed by atoms with E-state index in [4.69, 9.17) is 14.2 Å². The van der Waals surface area contributed by atoms with Gasteiger partial charge in [0.05, 0.1) is 13.7 Å². The van der Waals surface area contributed by atoms with Gasteiger partial charge in [0.25, 0.3) is 0 Å². The molecule has 28 heavy (non-hydrogen) atoms. The molecule has 0 amide bonds. The average molecular weight is 380 g/mol. The number of nitrogens with zero attached hydrogens (tertiary/aromatic N) is 2. The fraction of sp³-hybridized carbons (Fsp3) is 0.522. The number of benzene rings is 1. The van der Waals surface area contributed by atoms with Gasteiger partial charge >= 0.3 is 0 Å². The van der Waals surface area contributed by atoms with E-state index in [-0.39, 0.29) is 0 Å². The van der Waals surface area contributed by atoms with Crippen LogP contribution in [0, 0.1) is 6.92 Å². The van der Waals surface area contributed by atoms with Crippen molar-refractivity contribution in [3.8, 4) is 22.8 Å². The highest BCUT2D eigenvalue weighted by molar-refractivity contribution is 5.69. The summed E-state index contributed by atoms with van der Waals surface area (Å²) in [6.45, 7) is 4.89. The summed E-state index contributed by atoms with van der Waals surface area (Å²) in [5.41, 5.74) is 4.55. The van der Waals surface area contributed by atoms with Crippen molar-refractivity contribution in [2.24, 2.45) is 0 Å². The summed E-state index contributed by atoms with van der Waals surface area (Å²) < 4.78 is 17.9. The molecule has 2 aliphatic heterocycles. The lowest BCUT2D eigenvalue weighted by molar-refractivity contribution is -0.231. The van der Waals surface area contributed by atoms with Gasteiger partial charge in [0, 0.05) is 55.4 Å². The number of fused-ring (bicyclic) bond motifs is 1. The highest BCUT2D eigenvalue weighted by Gasteiger charge is 2.42. The number of pyridine rings is 1. The fourth-order valence-electron chi connectivity index (χ4n) is 4.57. The first-order valence-corrected chi connectivity index (χ1v) is 10.4. The Hall–Kier alpha value is -2.11. The van der Waals surface area contributed by atoms with Crippen molar-refractivity contribution >= 4 is 0 Å². The molecule has 3 aliphatic rings. The van der Waals surface area contributed by atoms with Crippen LogP contribution in [0.4, 0.5) is 0 Å². The van der Waals surface area contributed by atoms with E-state index in [0.29, 0.717) is 12.5 Å². The molecule has 1 aromatic carbocycles. The molecule has 1 saturated heterocycles. The first-order valence-electron chi connectivity index (χ1n) is 10.4. The minimum absolute atomic E-state index is 0.442. The molecule has 5 nitrogen and oxygen atoms in total. The zero-order valence-corrected chi connectivity index (χ0v) is 16.7. The molecule has 0 bridgehead atoms. The van der Waals surface area contributed by atoms with E-state index < -0.39 is 5.79 Å². The number of piperidine rings is 1. The van der Waals surface area contributed by atoms with Gasteiger partial charge in [-0.05, 0) is 49.1 Å². The molecule has 5 heteroatoms. The molecule has 0 atom stereocenters. The molecule has 1 saturated carbocycles. The van der Waals surface area contributed by atoms with Crippen molar-refractivity contribution in [3.05, 3.63) is 41.6 Å². The molecule has 1 aliphatic carbocycles. The Bertz CT molecular complexity index is 853. The van der Waals surface area contributed by atoms with Crippen molar-refractivity contribution < 1.29 is 14.2 Å². The lowest BCUT2D eigenvalue weighted by Crippen LogP contribution is -2.54. The molecule has 0 unspecified atom stereocenters. The summed E-state index contributed by atoms with van der Waals surface area (Å²) in [4.78, 5) is 6.97. The van der Waals surface area contributed by atoms with Crippen LogP contribution >= 0.6 is 0 Å². The zero-order valence-electron chi connectivity index (χ0n) is 16.7. The number of hydrogen-bond acceptors (Lipinski definition) is 5. The van der Waals surface area contributed by atoms with Crippen LogP contribution in [0.3, 0.4) is 0 Å². The van der Waals surface area contributed by atoms with Gasteiger partial charge in [-0.3, -0.25) is 4.90 Å². The topological polar surface area (TPSA) is 43.8 Å². The molecule has 0 N–H and O–H groups in total. The van der Waals surface area contributed by atoms with Crippen molar-refractivity contribution in [2.75, 3.05) is 20.2 Å². The molecule has 2 fully saturated rings. The minimum Gasteiger partial charge on any atom is -0.481 e. The molecule has 1 aromatic heterocycles. The average Bonchev–Trinajstić information content (AvgIpc) is 2.68. The second kappa shape index (κ2) is 7.05. The van der Waals surface area contributed by atoms with E-state index in [2.05, 4.69) is 28.9 Å². The third-order valence-corrected chi connectivity index (χ3v) is 6.60. The van der Waals surface area contributed by atoms with Crippen molar-refractivity contribution in [2.45, 2.75) is 57.5 Å².